The van der Waals surface area contributed by atoms with Crippen molar-refractivity contribution in [1.82, 2.24) is 0 Å². The Morgan fingerprint density at radius 2 is 0.528 bits per heavy atom. The van der Waals surface area contributed by atoms with Crippen molar-refractivity contribution in [1.29, 1.82) is 0 Å². The zero-order valence-electron chi connectivity index (χ0n) is 23.2. The van der Waals surface area contributed by atoms with Gasteiger partial charge in [-0.3, -0.25) is 0 Å². The number of rotatable bonds is 6. The van der Waals surface area contributed by atoms with Gasteiger partial charge in [0.15, 0.2) is 0 Å². The molecule has 0 saturated carbocycles. The molecule has 0 spiro atoms. The number of aryl methyl sites for hydroxylation is 6. The first-order valence-corrected chi connectivity index (χ1v) is 12.2. The first-order valence-electron chi connectivity index (χ1n) is 12.2. The fraction of sp³-hybridized carbons (Fsp3) is 0.167. The molecule has 0 bridgehead atoms. The van der Waals surface area contributed by atoms with Crippen LogP contribution < -0.4 is 0 Å². The van der Waals surface area contributed by atoms with E-state index >= 15 is 0 Å². The topological polar surface area (TPSA) is 0 Å². The van der Waals surface area contributed by atoms with Crippen molar-refractivity contribution in [3.05, 3.63) is 143 Å². The minimum absolute atomic E-state index is 1.21. The largest absolute Gasteiger partial charge is 0.106 e. The van der Waals surface area contributed by atoms with E-state index < -0.39 is 0 Å². The third-order valence-electron chi connectivity index (χ3n) is 6.29. The van der Waals surface area contributed by atoms with Gasteiger partial charge in [-0.1, -0.05) is 99.2 Å². The zero-order valence-corrected chi connectivity index (χ0v) is 23.2. The molecule has 0 N–H and O–H groups in total. The van der Waals surface area contributed by atoms with Crippen molar-refractivity contribution in [2.24, 2.45) is 0 Å². The molecule has 0 aliphatic rings. The van der Waals surface area contributed by atoms with E-state index in [1.807, 2.05) is 24.3 Å². The summed E-state index contributed by atoms with van der Waals surface area (Å²) in [4.78, 5) is 0. The molecule has 0 aromatic heterocycles. The molecule has 0 unspecified atom stereocenters. The summed E-state index contributed by atoms with van der Waals surface area (Å²) in [5.74, 6) is 0. The van der Waals surface area contributed by atoms with Crippen LogP contribution in [0, 0.1) is 41.5 Å². The molecule has 3 aromatic carbocycles. The molecule has 186 valence electrons. The predicted molar refractivity (Wildman–Crippen MR) is 168 cm³/mol. The van der Waals surface area contributed by atoms with Gasteiger partial charge in [-0.05, 0) is 108 Å². The SMILES string of the molecule is C=C.C=Cc1cc(C)c(/C=C/c2cc(C)c(C=C)cc2C)cc1C.C=Cc1cc(C)c(C=C)cc1C. The summed E-state index contributed by atoms with van der Waals surface area (Å²) in [6.07, 6.45) is 12.0. The minimum Gasteiger partial charge on any atom is -0.106 e. The lowest BCUT2D eigenvalue weighted by Crippen LogP contribution is -1.89. The average molecular weight is 475 g/mol. The Morgan fingerprint density at radius 1 is 0.361 bits per heavy atom. The highest BCUT2D eigenvalue weighted by molar-refractivity contribution is 5.75. The number of benzene rings is 3. The van der Waals surface area contributed by atoms with Crippen molar-refractivity contribution in [3.8, 4) is 0 Å². The highest BCUT2D eigenvalue weighted by atomic mass is 14.1. The summed E-state index contributed by atoms with van der Waals surface area (Å²) in [6, 6.07) is 13.1. The second kappa shape index (κ2) is 14.5. The quantitative estimate of drug-likeness (QED) is 0.246. The molecular weight excluding hydrogens is 432 g/mol. The lowest BCUT2D eigenvalue weighted by molar-refractivity contribution is 1.35. The first-order chi connectivity index (χ1) is 17.1. The van der Waals surface area contributed by atoms with E-state index in [0.717, 1.165) is 0 Å². The molecule has 0 aliphatic heterocycles. The second-order valence-electron chi connectivity index (χ2n) is 8.85. The second-order valence-corrected chi connectivity index (χ2v) is 8.85. The molecule has 0 aliphatic carbocycles. The van der Waals surface area contributed by atoms with E-state index in [-0.39, 0.29) is 0 Å². The lowest BCUT2D eigenvalue weighted by atomic mass is 9.97. The van der Waals surface area contributed by atoms with Gasteiger partial charge in [-0.2, -0.15) is 0 Å². The van der Waals surface area contributed by atoms with Gasteiger partial charge in [0, 0.05) is 0 Å². The summed E-state index contributed by atoms with van der Waals surface area (Å²) < 4.78 is 0. The van der Waals surface area contributed by atoms with Gasteiger partial charge >= 0.3 is 0 Å². The van der Waals surface area contributed by atoms with Gasteiger partial charge in [0.05, 0.1) is 0 Å². The summed E-state index contributed by atoms with van der Waals surface area (Å²) >= 11 is 0. The third kappa shape index (κ3) is 7.82. The van der Waals surface area contributed by atoms with E-state index in [9.17, 15) is 0 Å². The van der Waals surface area contributed by atoms with Gasteiger partial charge in [0.1, 0.15) is 0 Å². The first kappa shape index (κ1) is 30.1. The highest BCUT2D eigenvalue weighted by Gasteiger charge is 2.03. The lowest BCUT2D eigenvalue weighted by Gasteiger charge is -2.09. The van der Waals surface area contributed by atoms with Crippen molar-refractivity contribution in [2.45, 2.75) is 41.5 Å². The molecule has 0 radical (unpaired) electrons. The average Bonchev–Trinajstić information content (AvgIpc) is 2.88. The van der Waals surface area contributed by atoms with Crippen LogP contribution in [0.25, 0.3) is 36.5 Å². The summed E-state index contributed by atoms with van der Waals surface area (Å²) in [7, 11) is 0. The molecule has 36 heavy (non-hydrogen) atoms. The van der Waals surface area contributed by atoms with E-state index in [1.165, 1.54) is 66.8 Å². The Balaban J connectivity index is 0.000000391. The van der Waals surface area contributed by atoms with Crippen LogP contribution in [0.4, 0.5) is 0 Å². The molecule has 0 heterocycles. The van der Waals surface area contributed by atoms with E-state index in [1.54, 1.807) is 0 Å². The Morgan fingerprint density at radius 3 is 0.722 bits per heavy atom. The Kier molecular flexibility index (Phi) is 12.1. The summed E-state index contributed by atoms with van der Waals surface area (Å²) in [6.45, 7) is 34.0. The molecule has 3 rings (SSSR count). The molecule has 0 nitrogen and oxygen atoms in total. The minimum atomic E-state index is 1.21. The molecule has 0 fully saturated rings. The Hall–Kier alpha value is -3.90. The van der Waals surface area contributed by atoms with Gasteiger partial charge in [-0.25, -0.2) is 0 Å². The van der Waals surface area contributed by atoms with Crippen LogP contribution in [-0.2, 0) is 0 Å². The van der Waals surface area contributed by atoms with Crippen LogP contribution in [0.15, 0.2) is 75.9 Å². The van der Waals surface area contributed by atoms with Crippen LogP contribution in [0.1, 0.15) is 66.8 Å². The van der Waals surface area contributed by atoms with Crippen LogP contribution in [0.2, 0.25) is 0 Å². The maximum absolute atomic E-state index is 3.87. The molecule has 3 aromatic rings. The molecule has 0 atom stereocenters. The molecule has 0 saturated heterocycles. The van der Waals surface area contributed by atoms with Crippen LogP contribution in [-0.4, -0.2) is 0 Å². The summed E-state index contributed by atoms with van der Waals surface area (Å²) in [5.41, 5.74) is 14.9. The maximum atomic E-state index is 3.87. The number of hydrogen-bond acceptors (Lipinski definition) is 0. The van der Waals surface area contributed by atoms with Gasteiger partial charge in [-0.15, -0.1) is 13.2 Å². The van der Waals surface area contributed by atoms with Crippen LogP contribution in [0.5, 0.6) is 0 Å². The van der Waals surface area contributed by atoms with Gasteiger partial charge in [0.25, 0.3) is 0 Å². The van der Waals surface area contributed by atoms with Crippen molar-refractivity contribution in [2.75, 3.05) is 0 Å². The van der Waals surface area contributed by atoms with E-state index in [0.29, 0.717) is 0 Å². The third-order valence-corrected chi connectivity index (χ3v) is 6.29. The van der Waals surface area contributed by atoms with Gasteiger partial charge in [0.2, 0.25) is 0 Å². The van der Waals surface area contributed by atoms with Crippen molar-refractivity contribution in [3.63, 3.8) is 0 Å². The molecule has 0 amide bonds. The fourth-order valence-electron chi connectivity index (χ4n) is 4.00. The summed E-state index contributed by atoms with van der Waals surface area (Å²) in [5, 5.41) is 0. The van der Waals surface area contributed by atoms with E-state index in [4.69, 9.17) is 0 Å². The van der Waals surface area contributed by atoms with Gasteiger partial charge < -0.3 is 0 Å². The standard InChI is InChI=1S/C22H24.C12H14.C2H4/c1-7-19-11-17(5)21(13-15(19)3)9-10-22-14-16(4)20(8-2)12-18(22)6;1-5-11-7-10(4)12(6-2)8-9(11)3;1-2/h7-14H,1-2H2,3-6H3;5-8H,1-2H2,3-4H3;1-2H2/b10-9+;;. The zero-order chi connectivity index (χ0) is 27.4. The molecule has 0 heteroatoms. The smallest absolute Gasteiger partial charge is 0.0224 e. The normalized spacial score (nSPS) is 9.94. The number of hydrogen-bond donors (Lipinski definition) is 0. The van der Waals surface area contributed by atoms with Crippen LogP contribution in [0.3, 0.4) is 0 Å². The van der Waals surface area contributed by atoms with Crippen LogP contribution >= 0.6 is 0 Å². The highest BCUT2D eigenvalue weighted by Crippen LogP contribution is 2.22. The maximum Gasteiger partial charge on any atom is -0.0224 e. The fourth-order valence-corrected chi connectivity index (χ4v) is 4.00. The monoisotopic (exact) mass is 474 g/mol. The predicted octanol–water partition coefficient (Wildman–Crippen LogP) is 10.8. The Labute approximate surface area is 220 Å². The Bertz CT molecular complexity index is 1180. The molecular formula is C36H42. The van der Waals surface area contributed by atoms with Crippen molar-refractivity contribution < 1.29 is 0 Å². The van der Waals surface area contributed by atoms with Crippen molar-refractivity contribution >= 4 is 36.5 Å². The van der Waals surface area contributed by atoms with E-state index in [2.05, 4.69) is 130 Å².